The average Bonchev–Trinajstić information content (AvgIpc) is 2.72. The van der Waals surface area contributed by atoms with Crippen LogP contribution in [0.15, 0.2) is 82.7 Å². The zero-order chi connectivity index (χ0) is 20.6. The molecule has 0 N–H and O–H groups in total. The predicted octanol–water partition coefficient (Wildman–Crippen LogP) is 5.02. The van der Waals surface area contributed by atoms with Crippen molar-refractivity contribution in [2.24, 2.45) is 0 Å². The van der Waals surface area contributed by atoms with Gasteiger partial charge in [-0.2, -0.15) is 0 Å². The summed E-state index contributed by atoms with van der Waals surface area (Å²) in [6.45, 7) is 0. The Morgan fingerprint density at radius 3 is 2.31 bits per heavy atom. The average molecular weight is 411 g/mol. The number of pyridine rings is 1. The number of hydrogen-bond donors (Lipinski definition) is 0. The topological polar surface area (TPSA) is 56.3 Å². The first kappa shape index (κ1) is 19.0. The van der Waals surface area contributed by atoms with E-state index in [-0.39, 0.29) is 9.79 Å². The highest BCUT2D eigenvalue weighted by molar-refractivity contribution is 7.91. The Morgan fingerprint density at radius 2 is 1.62 bits per heavy atom. The van der Waals surface area contributed by atoms with Gasteiger partial charge in [-0.05, 0) is 48.0 Å². The first-order valence-electron chi connectivity index (χ1n) is 8.63. The van der Waals surface area contributed by atoms with Gasteiger partial charge in [-0.25, -0.2) is 17.2 Å². The first-order chi connectivity index (χ1) is 13.9. The molecule has 0 fully saturated rings. The van der Waals surface area contributed by atoms with Crippen LogP contribution in [0.2, 0.25) is 0 Å². The van der Waals surface area contributed by atoms with Crippen LogP contribution in [0.5, 0.6) is 5.75 Å². The Kier molecular flexibility index (Phi) is 4.76. The van der Waals surface area contributed by atoms with Gasteiger partial charge in [-0.1, -0.05) is 18.2 Å². The summed E-state index contributed by atoms with van der Waals surface area (Å²) in [5, 5.41) is 0.467. The summed E-state index contributed by atoms with van der Waals surface area (Å²) < 4.78 is 59.2. The number of fused-ring (bicyclic) bond motifs is 1. The van der Waals surface area contributed by atoms with Crippen LogP contribution in [-0.4, -0.2) is 20.5 Å². The summed E-state index contributed by atoms with van der Waals surface area (Å²) in [6.07, 6.45) is 1.18. The van der Waals surface area contributed by atoms with Gasteiger partial charge in [-0.15, -0.1) is 0 Å². The lowest BCUT2D eigenvalue weighted by Gasteiger charge is -2.14. The number of sulfone groups is 1. The molecule has 1 aromatic heterocycles. The maximum Gasteiger partial charge on any atom is 0.208 e. The zero-order valence-corrected chi connectivity index (χ0v) is 16.1. The molecule has 3 aromatic carbocycles. The van der Waals surface area contributed by atoms with E-state index in [0.717, 1.165) is 6.07 Å². The van der Waals surface area contributed by atoms with Gasteiger partial charge in [0.15, 0.2) is 0 Å². The van der Waals surface area contributed by atoms with E-state index >= 15 is 0 Å². The maximum atomic E-state index is 13.7. The summed E-state index contributed by atoms with van der Waals surface area (Å²) in [7, 11) is -2.56. The molecule has 0 aliphatic carbocycles. The lowest BCUT2D eigenvalue weighted by atomic mass is 10.0. The molecule has 4 rings (SSSR count). The van der Waals surface area contributed by atoms with Crippen LogP contribution in [0.25, 0.3) is 22.0 Å². The number of aromatic nitrogens is 1. The van der Waals surface area contributed by atoms with Crippen molar-refractivity contribution in [2.45, 2.75) is 9.79 Å². The lowest BCUT2D eigenvalue weighted by Crippen LogP contribution is -2.06. The molecule has 0 saturated carbocycles. The molecule has 1 heterocycles. The molecule has 0 atom stereocenters. The molecule has 0 bridgehead atoms. The normalized spacial score (nSPS) is 11.6. The molecule has 0 radical (unpaired) electrons. The van der Waals surface area contributed by atoms with Crippen LogP contribution in [0.3, 0.4) is 0 Å². The maximum absolute atomic E-state index is 13.7. The molecule has 4 aromatic rings. The molecule has 0 saturated heterocycles. The van der Waals surface area contributed by atoms with Crippen LogP contribution in [0, 0.1) is 11.6 Å². The number of ether oxygens (including phenoxy) is 1. The van der Waals surface area contributed by atoms with Gasteiger partial charge in [0.05, 0.1) is 22.4 Å². The molecule has 7 heteroatoms. The fraction of sp³-hybridized carbons (Fsp3) is 0.0455. The van der Waals surface area contributed by atoms with Crippen molar-refractivity contribution < 1.29 is 21.9 Å². The minimum atomic E-state index is -4.09. The van der Waals surface area contributed by atoms with Crippen LogP contribution in [-0.2, 0) is 9.84 Å². The second-order valence-corrected chi connectivity index (χ2v) is 8.27. The Balaban J connectivity index is 2.05. The number of methoxy groups -OCH3 is 1. The fourth-order valence-electron chi connectivity index (χ4n) is 3.17. The minimum absolute atomic E-state index is 0.0904. The van der Waals surface area contributed by atoms with Gasteiger partial charge in [0.25, 0.3) is 0 Å². The molecule has 4 nitrogen and oxygen atoms in total. The third-order valence-corrected chi connectivity index (χ3v) is 6.33. The molecule has 0 aliphatic rings. The highest BCUT2D eigenvalue weighted by Crippen LogP contribution is 2.37. The molecule has 0 aliphatic heterocycles. The predicted molar refractivity (Wildman–Crippen MR) is 106 cm³/mol. The second-order valence-electron chi connectivity index (χ2n) is 6.35. The molecule has 0 spiro atoms. The summed E-state index contributed by atoms with van der Waals surface area (Å²) in [5.74, 6) is -0.535. The minimum Gasteiger partial charge on any atom is -0.497 e. The van der Waals surface area contributed by atoms with Crippen molar-refractivity contribution in [1.29, 1.82) is 0 Å². The van der Waals surface area contributed by atoms with E-state index in [1.54, 1.807) is 24.3 Å². The SMILES string of the molecule is COc1ccc(-c2c(S(=O)(=O)c3cccc(F)c3)cnc3cc(F)ccc23)cc1. The number of nitrogens with zero attached hydrogens (tertiary/aromatic N) is 1. The third kappa shape index (κ3) is 3.45. The Hall–Kier alpha value is -3.32. The van der Waals surface area contributed by atoms with Crippen molar-refractivity contribution >= 4 is 20.7 Å². The van der Waals surface area contributed by atoms with E-state index in [1.165, 1.54) is 49.7 Å². The van der Waals surface area contributed by atoms with E-state index in [2.05, 4.69) is 4.98 Å². The van der Waals surface area contributed by atoms with Crippen molar-refractivity contribution in [1.82, 2.24) is 4.98 Å². The summed E-state index contributed by atoms with van der Waals surface area (Å²) in [6, 6.07) is 15.6. The van der Waals surface area contributed by atoms with Crippen LogP contribution >= 0.6 is 0 Å². The van der Waals surface area contributed by atoms with Gasteiger partial charge < -0.3 is 4.74 Å². The summed E-state index contributed by atoms with van der Waals surface area (Å²) in [5.41, 5.74) is 1.26. The molecule has 0 amide bonds. The third-order valence-electron chi connectivity index (χ3n) is 4.57. The van der Waals surface area contributed by atoms with Crippen molar-refractivity contribution in [2.75, 3.05) is 7.11 Å². The van der Waals surface area contributed by atoms with Crippen LogP contribution in [0.4, 0.5) is 8.78 Å². The largest absolute Gasteiger partial charge is 0.497 e. The lowest BCUT2D eigenvalue weighted by molar-refractivity contribution is 0.415. The van der Waals surface area contributed by atoms with E-state index in [9.17, 15) is 17.2 Å². The van der Waals surface area contributed by atoms with Crippen LogP contribution in [0.1, 0.15) is 0 Å². The Bertz CT molecular complexity index is 1320. The van der Waals surface area contributed by atoms with Crippen molar-refractivity contribution in [3.05, 3.63) is 84.6 Å². The standard InChI is InChI=1S/C22H15F2NO3S/c1-28-17-8-5-14(6-9-17)22-19-10-7-16(24)12-20(19)25-13-21(22)29(26,27)18-4-2-3-15(23)11-18/h2-13H,1H3. The van der Waals surface area contributed by atoms with Gasteiger partial charge in [0.1, 0.15) is 17.4 Å². The van der Waals surface area contributed by atoms with Crippen molar-refractivity contribution in [3.63, 3.8) is 0 Å². The Labute approximate surface area is 166 Å². The summed E-state index contributed by atoms with van der Waals surface area (Å²) in [4.78, 5) is 3.86. The van der Waals surface area contributed by atoms with Crippen molar-refractivity contribution in [3.8, 4) is 16.9 Å². The monoisotopic (exact) mass is 411 g/mol. The smallest absolute Gasteiger partial charge is 0.208 e. The van der Waals surface area contributed by atoms with Gasteiger partial charge in [-0.3, -0.25) is 4.98 Å². The molecular weight excluding hydrogens is 396 g/mol. The quantitative estimate of drug-likeness (QED) is 0.473. The Morgan fingerprint density at radius 1 is 0.897 bits per heavy atom. The highest BCUT2D eigenvalue weighted by atomic mass is 32.2. The molecule has 0 unspecified atom stereocenters. The first-order valence-corrected chi connectivity index (χ1v) is 10.1. The molecular formula is C22H15F2NO3S. The molecule has 146 valence electrons. The van der Waals surface area contributed by atoms with Crippen LogP contribution < -0.4 is 4.74 Å². The van der Waals surface area contributed by atoms with Gasteiger partial charge >= 0.3 is 0 Å². The summed E-state index contributed by atoms with van der Waals surface area (Å²) >= 11 is 0. The van der Waals surface area contributed by atoms with E-state index in [1.807, 2.05) is 0 Å². The second kappa shape index (κ2) is 7.25. The number of hydrogen-bond acceptors (Lipinski definition) is 4. The highest BCUT2D eigenvalue weighted by Gasteiger charge is 2.25. The van der Waals surface area contributed by atoms with Gasteiger partial charge in [0, 0.05) is 23.2 Å². The number of rotatable bonds is 4. The van der Waals surface area contributed by atoms with Gasteiger partial charge in [0.2, 0.25) is 9.84 Å². The van der Waals surface area contributed by atoms with E-state index in [4.69, 9.17) is 4.74 Å². The van der Waals surface area contributed by atoms with E-state index < -0.39 is 21.5 Å². The molecule has 29 heavy (non-hydrogen) atoms. The number of benzene rings is 3. The zero-order valence-electron chi connectivity index (χ0n) is 15.3. The van der Waals surface area contributed by atoms with E-state index in [0.29, 0.717) is 27.8 Å². The number of halogens is 2. The fourth-order valence-corrected chi connectivity index (χ4v) is 4.64.